The second-order valence-electron chi connectivity index (χ2n) is 5.97. The van der Waals surface area contributed by atoms with Crippen LogP contribution in [0.4, 0.5) is 8.78 Å². The topological polar surface area (TPSA) is 39.4 Å². The van der Waals surface area contributed by atoms with Crippen molar-refractivity contribution < 1.29 is 13.5 Å². The minimum Gasteiger partial charge on any atom is -0.378 e. The fourth-order valence-corrected chi connectivity index (χ4v) is 3.54. The van der Waals surface area contributed by atoms with Gasteiger partial charge < -0.3 is 9.30 Å². The lowest BCUT2D eigenvalue weighted by atomic mass is 9.99. The lowest BCUT2D eigenvalue weighted by Gasteiger charge is -2.15. The molecule has 2 heterocycles. The molecule has 0 fully saturated rings. The Kier molecular flexibility index (Phi) is 4.72. The molecule has 4 rings (SSSR count). The Balaban J connectivity index is 2.01. The molecule has 1 aliphatic rings. The van der Waals surface area contributed by atoms with E-state index in [1.807, 2.05) is 0 Å². The van der Waals surface area contributed by atoms with Gasteiger partial charge in [0.05, 0.1) is 45.9 Å². The molecule has 0 radical (unpaired) electrons. The van der Waals surface area contributed by atoms with E-state index in [0.717, 1.165) is 0 Å². The zero-order valence-electron chi connectivity index (χ0n) is 14.1. The van der Waals surface area contributed by atoms with E-state index in [1.165, 1.54) is 18.2 Å². The van der Waals surface area contributed by atoms with Crippen LogP contribution in [0.15, 0.2) is 41.5 Å². The van der Waals surface area contributed by atoms with Crippen molar-refractivity contribution in [1.82, 2.24) is 9.55 Å². The summed E-state index contributed by atoms with van der Waals surface area (Å²) >= 11 is 12.6. The molecule has 27 heavy (non-hydrogen) atoms. The zero-order valence-corrected chi connectivity index (χ0v) is 15.7. The molecular weight excluding hydrogens is 395 g/mol. The van der Waals surface area contributed by atoms with E-state index in [2.05, 4.69) is 9.98 Å². The first-order valence-electron chi connectivity index (χ1n) is 8.05. The van der Waals surface area contributed by atoms with Gasteiger partial charge in [-0.1, -0.05) is 29.3 Å². The predicted molar refractivity (Wildman–Crippen MR) is 100.0 cm³/mol. The Morgan fingerprint density at radius 3 is 2.56 bits per heavy atom. The summed E-state index contributed by atoms with van der Waals surface area (Å²) in [7, 11) is 1.58. The molecule has 1 aliphatic heterocycles. The van der Waals surface area contributed by atoms with Crippen LogP contribution in [-0.4, -0.2) is 22.4 Å². The summed E-state index contributed by atoms with van der Waals surface area (Å²) in [6.07, 6.45) is 1.79. The fraction of sp³-hybridized carbons (Fsp3) is 0.158. The molecule has 0 N–H and O–H groups in total. The first-order valence-corrected chi connectivity index (χ1v) is 8.80. The molecule has 0 aliphatic carbocycles. The number of hydrogen-bond donors (Lipinski definition) is 0. The number of ether oxygens (including phenoxy) is 1. The van der Waals surface area contributed by atoms with E-state index >= 15 is 0 Å². The molecule has 0 saturated carbocycles. The Bertz CT molecular complexity index is 1060. The fourth-order valence-electron chi connectivity index (χ4n) is 3.13. The lowest BCUT2D eigenvalue weighted by molar-refractivity contribution is 0.181. The quantitative estimate of drug-likeness (QED) is 0.615. The maximum absolute atomic E-state index is 14.5. The normalized spacial score (nSPS) is 13.0. The number of aliphatic imine (C=N–C) groups is 1. The zero-order chi connectivity index (χ0) is 19.1. The number of rotatable bonds is 3. The van der Waals surface area contributed by atoms with Gasteiger partial charge in [-0.3, -0.25) is 4.99 Å². The summed E-state index contributed by atoms with van der Waals surface area (Å²) in [6.45, 7) is 0.449. The molecule has 0 atom stereocenters. The monoisotopic (exact) mass is 407 g/mol. The van der Waals surface area contributed by atoms with Crippen molar-refractivity contribution in [2.45, 2.75) is 13.2 Å². The molecule has 0 amide bonds. The molecule has 4 nitrogen and oxygen atoms in total. The Morgan fingerprint density at radius 1 is 1.11 bits per heavy atom. The third kappa shape index (κ3) is 3.04. The third-order valence-electron chi connectivity index (χ3n) is 4.27. The number of imidazole rings is 1. The highest BCUT2D eigenvalue weighted by Gasteiger charge is 2.27. The number of methoxy groups -OCH3 is 1. The number of nitrogens with zero attached hydrogens (tertiary/aromatic N) is 3. The van der Waals surface area contributed by atoms with E-state index in [1.54, 1.807) is 30.0 Å². The van der Waals surface area contributed by atoms with Crippen molar-refractivity contribution in [3.63, 3.8) is 0 Å². The maximum atomic E-state index is 14.5. The highest BCUT2D eigenvalue weighted by atomic mass is 35.5. The van der Waals surface area contributed by atoms with E-state index in [0.29, 0.717) is 29.4 Å². The molecule has 1 aromatic heterocycles. The average molecular weight is 408 g/mol. The van der Waals surface area contributed by atoms with Crippen LogP contribution in [0.2, 0.25) is 10.0 Å². The van der Waals surface area contributed by atoms with Crippen LogP contribution in [0.5, 0.6) is 0 Å². The van der Waals surface area contributed by atoms with Crippen molar-refractivity contribution >= 4 is 28.9 Å². The van der Waals surface area contributed by atoms with Crippen molar-refractivity contribution in [2.75, 3.05) is 7.11 Å². The number of aromatic nitrogens is 2. The molecule has 138 valence electrons. The van der Waals surface area contributed by atoms with Crippen LogP contribution < -0.4 is 0 Å². The second kappa shape index (κ2) is 7.03. The van der Waals surface area contributed by atoms with Gasteiger partial charge in [0.1, 0.15) is 17.5 Å². The third-order valence-corrected chi connectivity index (χ3v) is 5.07. The molecular formula is C19H13Cl2F2N3O. The number of halogens is 4. The Labute approximate surface area is 164 Å². The Hall–Kier alpha value is -2.28. The van der Waals surface area contributed by atoms with Crippen LogP contribution in [-0.2, 0) is 17.9 Å². The van der Waals surface area contributed by atoms with E-state index < -0.39 is 11.6 Å². The molecule has 2 aromatic carbocycles. The minimum atomic E-state index is -0.727. The standard InChI is InChI=1S/C19H13Cl2F2N3O/c1-27-9-10-8-26-14-6-5-11(20)18(21)17(14)19(24-7-15(26)25-10)16-12(22)3-2-4-13(16)23/h2-6,8H,7,9H2,1H3. The van der Waals surface area contributed by atoms with Crippen molar-refractivity contribution in [2.24, 2.45) is 4.99 Å². The Morgan fingerprint density at radius 2 is 1.85 bits per heavy atom. The number of hydrogen-bond acceptors (Lipinski definition) is 3. The number of fused-ring (bicyclic) bond motifs is 3. The van der Waals surface area contributed by atoms with Crippen molar-refractivity contribution in [3.8, 4) is 5.69 Å². The summed E-state index contributed by atoms with van der Waals surface area (Å²) in [5.41, 5.74) is 1.51. The first-order chi connectivity index (χ1) is 13.0. The minimum absolute atomic E-state index is 0.104. The van der Waals surface area contributed by atoms with Crippen molar-refractivity contribution in [1.29, 1.82) is 0 Å². The summed E-state index contributed by atoms with van der Waals surface area (Å²) in [4.78, 5) is 8.93. The van der Waals surface area contributed by atoms with Crippen LogP contribution in [0.1, 0.15) is 22.6 Å². The SMILES string of the molecule is COCc1cn2c(n1)CN=C(c1c(F)cccc1F)c1c-2ccc(Cl)c1Cl. The van der Waals surface area contributed by atoms with Crippen LogP contribution in [0.3, 0.4) is 0 Å². The van der Waals surface area contributed by atoms with Crippen LogP contribution in [0, 0.1) is 11.6 Å². The van der Waals surface area contributed by atoms with Crippen molar-refractivity contribution in [3.05, 3.63) is 80.9 Å². The highest BCUT2D eigenvalue weighted by Crippen LogP contribution is 2.36. The van der Waals surface area contributed by atoms with E-state index in [4.69, 9.17) is 27.9 Å². The second-order valence-corrected chi connectivity index (χ2v) is 6.75. The molecule has 0 saturated heterocycles. The smallest absolute Gasteiger partial charge is 0.135 e. The molecule has 0 bridgehead atoms. The molecule has 0 unspecified atom stereocenters. The largest absolute Gasteiger partial charge is 0.378 e. The van der Waals surface area contributed by atoms with Gasteiger partial charge in [0.15, 0.2) is 0 Å². The van der Waals surface area contributed by atoms with Crippen LogP contribution in [0.25, 0.3) is 5.69 Å². The van der Waals surface area contributed by atoms with E-state index in [9.17, 15) is 8.78 Å². The average Bonchev–Trinajstić information content (AvgIpc) is 2.96. The summed E-state index contributed by atoms with van der Waals surface area (Å²) < 4.78 is 35.9. The van der Waals surface area contributed by atoms with Gasteiger partial charge >= 0.3 is 0 Å². The first kappa shape index (κ1) is 18.1. The van der Waals surface area contributed by atoms with Gasteiger partial charge in [0.25, 0.3) is 0 Å². The van der Waals surface area contributed by atoms with Gasteiger partial charge in [0, 0.05) is 18.9 Å². The highest BCUT2D eigenvalue weighted by molar-refractivity contribution is 6.45. The molecule has 8 heteroatoms. The van der Waals surface area contributed by atoms with Gasteiger partial charge in [-0.15, -0.1) is 0 Å². The van der Waals surface area contributed by atoms with Gasteiger partial charge in [0.2, 0.25) is 0 Å². The van der Waals surface area contributed by atoms with Gasteiger partial charge in [-0.2, -0.15) is 0 Å². The van der Waals surface area contributed by atoms with E-state index in [-0.39, 0.29) is 27.9 Å². The number of benzene rings is 2. The van der Waals surface area contributed by atoms with Crippen LogP contribution >= 0.6 is 23.2 Å². The predicted octanol–water partition coefficient (Wildman–Crippen LogP) is 4.95. The van der Waals surface area contributed by atoms with Gasteiger partial charge in [-0.25, -0.2) is 13.8 Å². The lowest BCUT2D eigenvalue weighted by Crippen LogP contribution is -2.12. The summed E-state index contributed by atoms with van der Waals surface area (Å²) in [5, 5.41) is 0.436. The summed E-state index contributed by atoms with van der Waals surface area (Å²) in [6, 6.07) is 7.01. The maximum Gasteiger partial charge on any atom is 0.135 e. The molecule has 0 spiro atoms. The summed E-state index contributed by atoms with van der Waals surface area (Å²) in [5.74, 6) is -0.848. The molecule has 3 aromatic rings. The van der Waals surface area contributed by atoms with Gasteiger partial charge in [-0.05, 0) is 24.3 Å².